The quantitative estimate of drug-likeness (QED) is 0.489. The van der Waals surface area contributed by atoms with Crippen LogP contribution in [0.3, 0.4) is 0 Å². The maximum Gasteiger partial charge on any atom is 0.315 e. The Kier molecular flexibility index (Phi) is 6.63. The third-order valence-corrected chi connectivity index (χ3v) is 9.53. The van der Waals surface area contributed by atoms with Gasteiger partial charge >= 0.3 is 6.03 Å². The minimum atomic E-state index is -0.183. The van der Waals surface area contributed by atoms with Gasteiger partial charge in [0.2, 0.25) is 0 Å². The molecule has 5 saturated carbocycles. The lowest BCUT2D eigenvalue weighted by Crippen LogP contribution is -2.63. The zero-order valence-electron chi connectivity index (χ0n) is 20.7. The molecule has 2 atom stereocenters. The molecular weight excluding hydrogens is 472 g/mol. The summed E-state index contributed by atoms with van der Waals surface area (Å²) >= 11 is 1.42. The van der Waals surface area contributed by atoms with Crippen LogP contribution in [0, 0.1) is 17.8 Å². The van der Waals surface area contributed by atoms with Crippen LogP contribution < -0.4 is 20.7 Å². The molecule has 4 bridgehead atoms. The molecule has 0 aliphatic heterocycles. The summed E-state index contributed by atoms with van der Waals surface area (Å²) in [6, 6.07) is 9.39. The standard InChI is InChI=1S/C28H36N4O3S/c33-26(24-17-36-25(29-24)16-35-21-6-2-1-3-7-21)30-22-8-4-5-9-23(22)31-27(34)32-28-13-18-10-19(14-28)12-20(11-18)15-28/h1-3,6-7,17-20,22-23H,4-5,8-16H2,(H,30,33)(H2,31,32,34)/t18?,19?,20?,22-,23-,28?/m0/s1. The average Bonchev–Trinajstić information content (AvgIpc) is 3.33. The van der Waals surface area contributed by atoms with Crippen molar-refractivity contribution in [3.63, 3.8) is 0 Å². The number of urea groups is 1. The molecule has 5 aliphatic carbocycles. The first kappa shape index (κ1) is 23.8. The maximum absolute atomic E-state index is 13.1. The topological polar surface area (TPSA) is 92.4 Å². The molecular formula is C28H36N4O3S. The first-order valence-electron chi connectivity index (χ1n) is 13.6. The minimum Gasteiger partial charge on any atom is -0.486 e. The van der Waals surface area contributed by atoms with Crippen LogP contribution in [0.25, 0.3) is 0 Å². The minimum absolute atomic E-state index is 0.00887. The number of amides is 3. The Hall–Kier alpha value is -2.61. The Balaban J connectivity index is 1.03. The van der Waals surface area contributed by atoms with E-state index in [0.29, 0.717) is 12.3 Å². The normalized spacial score (nSPS) is 32.6. The van der Waals surface area contributed by atoms with Gasteiger partial charge < -0.3 is 20.7 Å². The number of ether oxygens (including phenoxy) is 1. The van der Waals surface area contributed by atoms with Gasteiger partial charge in [-0.05, 0) is 81.3 Å². The lowest BCUT2D eigenvalue weighted by Gasteiger charge is -2.56. The van der Waals surface area contributed by atoms with Gasteiger partial charge in [0.1, 0.15) is 23.1 Å². The van der Waals surface area contributed by atoms with Gasteiger partial charge in [0, 0.05) is 17.0 Å². The van der Waals surface area contributed by atoms with Crippen molar-refractivity contribution < 1.29 is 14.3 Å². The van der Waals surface area contributed by atoms with E-state index in [1.165, 1.54) is 30.6 Å². The van der Waals surface area contributed by atoms with Gasteiger partial charge in [-0.1, -0.05) is 31.0 Å². The fraction of sp³-hybridized carbons (Fsp3) is 0.607. The summed E-state index contributed by atoms with van der Waals surface area (Å²) in [5.41, 5.74) is 0.402. The summed E-state index contributed by atoms with van der Waals surface area (Å²) in [4.78, 5) is 30.6. The van der Waals surface area contributed by atoms with Gasteiger partial charge in [0.25, 0.3) is 5.91 Å². The number of hydrogen-bond acceptors (Lipinski definition) is 5. The Bertz CT molecular complexity index is 1050. The molecule has 0 radical (unpaired) electrons. The first-order valence-corrected chi connectivity index (χ1v) is 14.4. The molecule has 3 amide bonds. The van der Waals surface area contributed by atoms with Crippen molar-refractivity contribution in [1.82, 2.24) is 20.9 Å². The van der Waals surface area contributed by atoms with Crippen molar-refractivity contribution in [3.8, 4) is 5.75 Å². The van der Waals surface area contributed by atoms with E-state index < -0.39 is 0 Å². The molecule has 36 heavy (non-hydrogen) atoms. The number of para-hydroxylation sites is 1. The van der Waals surface area contributed by atoms with Crippen LogP contribution in [-0.2, 0) is 6.61 Å². The van der Waals surface area contributed by atoms with Crippen molar-refractivity contribution in [2.75, 3.05) is 0 Å². The van der Waals surface area contributed by atoms with Crippen molar-refractivity contribution in [3.05, 3.63) is 46.4 Å². The SMILES string of the molecule is O=C(N[C@H]1CCCC[C@@H]1NC(=O)c1csc(COc2ccccc2)n1)NC12CC3CC(CC(C3)C1)C2. The molecule has 1 aromatic carbocycles. The summed E-state index contributed by atoms with van der Waals surface area (Å²) in [5, 5.41) is 12.4. The Morgan fingerprint density at radius 3 is 2.25 bits per heavy atom. The van der Waals surface area contributed by atoms with Gasteiger partial charge in [0.15, 0.2) is 0 Å². The number of carbonyl (C=O) groups excluding carboxylic acids is 2. The second-order valence-electron chi connectivity index (χ2n) is 11.5. The lowest BCUT2D eigenvalue weighted by molar-refractivity contribution is -0.0138. The highest BCUT2D eigenvalue weighted by Crippen LogP contribution is 2.55. The van der Waals surface area contributed by atoms with E-state index in [9.17, 15) is 9.59 Å². The summed E-state index contributed by atoms with van der Waals surface area (Å²) in [7, 11) is 0. The van der Waals surface area contributed by atoms with Crippen LogP contribution in [0.4, 0.5) is 4.79 Å². The third kappa shape index (κ3) is 5.24. The third-order valence-electron chi connectivity index (χ3n) is 8.71. The highest BCUT2D eigenvalue weighted by molar-refractivity contribution is 7.09. The second-order valence-corrected chi connectivity index (χ2v) is 12.4. The molecule has 2 aromatic rings. The number of carbonyl (C=O) groups is 2. The number of rotatable bonds is 7. The Morgan fingerprint density at radius 2 is 1.58 bits per heavy atom. The number of aromatic nitrogens is 1. The predicted octanol–water partition coefficient (Wildman–Crippen LogP) is 5.03. The highest BCUT2D eigenvalue weighted by atomic mass is 32.1. The molecule has 7 rings (SSSR count). The fourth-order valence-electron chi connectivity index (χ4n) is 7.57. The summed E-state index contributed by atoms with van der Waals surface area (Å²) in [6.45, 7) is 0.333. The molecule has 1 aromatic heterocycles. The Morgan fingerprint density at radius 1 is 0.944 bits per heavy atom. The van der Waals surface area contributed by atoms with Crippen LogP contribution in [-0.4, -0.2) is 34.5 Å². The number of thiazole rings is 1. The lowest BCUT2D eigenvalue weighted by atomic mass is 9.53. The fourth-order valence-corrected chi connectivity index (χ4v) is 8.26. The molecule has 8 heteroatoms. The molecule has 0 unspecified atom stereocenters. The summed E-state index contributed by atoms with van der Waals surface area (Å²) in [6.07, 6.45) is 11.3. The molecule has 1 heterocycles. The first-order chi connectivity index (χ1) is 17.5. The molecule has 0 spiro atoms. The van der Waals surface area contributed by atoms with Crippen molar-refractivity contribution in [2.45, 2.75) is 88.4 Å². The largest absolute Gasteiger partial charge is 0.486 e. The molecule has 192 valence electrons. The number of nitrogens with zero attached hydrogens (tertiary/aromatic N) is 1. The highest BCUT2D eigenvalue weighted by Gasteiger charge is 2.51. The van der Waals surface area contributed by atoms with Crippen molar-refractivity contribution >= 4 is 23.3 Å². The van der Waals surface area contributed by atoms with Gasteiger partial charge in [-0.15, -0.1) is 11.3 Å². The smallest absolute Gasteiger partial charge is 0.315 e. The van der Waals surface area contributed by atoms with E-state index in [1.807, 2.05) is 30.3 Å². The van der Waals surface area contributed by atoms with E-state index in [-0.39, 0.29) is 29.6 Å². The zero-order chi connectivity index (χ0) is 24.5. The van der Waals surface area contributed by atoms with Crippen LogP contribution in [0.2, 0.25) is 0 Å². The maximum atomic E-state index is 13.1. The number of nitrogens with one attached hydrogen (secondary N) is 3. The van der Waals surface area contributed by atoms with E-state index in [2.05, 4.69) is 20.9 Å². The van der Waals surface area contributed by atoms with Crippen LogP contribution >= 0.6 is 11.3 Å². The van der Waals surface area contributed by atoms with Crippen LogP contribution in [0.1, 0.15) is 79.7 Å². The molecule has 5 fully saturated rings. The number of benzene rings is 1. The van der Waals surface area contributed by atoms with Gasteiger partial charge in [0.05, 0.1) is 6.04 Å². The zero-order valence-corrected chi connectivity index (χ0v) is 21.5. The van der Waals surface area contributed by atoms with Gasteiger partial charge in [-0.2, -0.15) is 0 Å². The van der Waals surface area contributed by atoms with E-state index in [0.717, 1.165) is 73.5 Å². The summed E-state index contributed by atoms with van der Waals surface area (Å²) in [5.74, 6) is 2.97. The van der Waals surface area contributed by atoms with Crippen molar-refractivity contribution in [1.29, 1.82) is 0 Å². The van der Waals surface area contributed by atoms with E-state index in [4.69, 9.17) is 4.74 Å². The molecule has 7 nitrogen and oxygen atoms in total. The molecule has 0 saturated heterocycles. The van der Waals surface area contributed by atoms with Gasteiger partial charge in [-0.3, -0.25) is 4.79 Å². The second kappa shape index (κ2) is 10.0. The predicted molar refractivity (Wildman–Crippen MR) is 139 cm³/mol. The summed E-state index contributed by atoms with van der Waals surface area (Å²) < 4.78 is 5.76. The van der Waals surface area contributed by atoms with Crippen LogP contribution in [0.5, 0.6) is 5.75 Å². The van der Waals surface area contributed by atoms with E-state index in [1.54, 1.807) is 5.38 Å². The van der Waals surface area contributed by atoms with E-state index >= 15 is 0 Å². The average molecular weight is 509 g/mol. The Labute approximate surface area is 216 Å². The molecule has 3 N–H and O–H groups in total. The van der Waals surface area contributed by atoms with Crippen LogP contribution in [0.15, 0.2) is 35.7 Å². The van der Waals surface area contributed by atoms with Gasteiger partial charge in [-0.25, -0.2) is 9.78 Å². The number of hydrogen-bond donors (Lipinski definition) is 3. The van der Waals surface area contributed by atoms with Crippen molar-refractivity contribution in [2.24, 2.45) is 17.8 Å². The monoisotopic (exact) mass is 508 g/mol. The molecule has 5 aliphatic rings.